The lowest BCUT2D eigenvalue weighted by atomic mass is 9.72. The van der Waals surface area contributed by atoms with E-state index in [2.05, 4.69) is 20.7 Å². The second-order valence-corrected chi connectivity index (χ2v) is 10.1. The Kier molecular flexibility index (Phi) is 6.17. The first kappa shape index (κ1) is 20.8. The number of nitrogens with zero attached hydrogens (tertiary/aromatic N) is 2. The number of carbonyl (C=O) groups excluding carboxylic acids is 1. The molecule has 2 N–H and O–H groups in total. The topological polar surface area (TPSA) is 70.4 Å². The maximum atomic E-state index is 12.4. The molecule has 168 valence electrons. The molecule has 1 aromatic carbocycles. The summed E-state index contributed by atoms with van der Waals surface area (Å²) in [5, 5.41) is 11.3. The molecule has 3 aliphatic rings. The fourth-order valence-corrected chi connectivity index (χ4v) is 6.07. The van der Waals surface area contributed by atoms with E-state index >= 15 is 0 Å². The van der Waals surface area contributed by atoms with E-state index in [9.17, 15) is 4.79 Å². The van der Waals surface area contributed by atoms with Gasteiger partial charge in [-0.2, -0.15) is 0 Å². The molecule has 31 heavy (non-hydrogen) atoms. The third-order valence-electron chi connectivity index (χ3n) is 7.89. The molecule has 2 aliphatic carbocycles. The van der Waals surface area contributed by atoms with E-state index < -0.39 is 0 Å². The highest BCUT2D eigenvalue weighted by atomic mass is 16.5. The Morgan fingerprint density at radius 2 is 1.81 bits per heavy atom. The molecule has 1 aromatic heterocycles. The molecule has 3 fully saturated rings. The van der Waals surface area contributed by atoms with Crippen LogP contribution in [0.5, 0.6) is 0 Å². The minimum atomic E-state index is 0.0226. The molecule has 1 aliphatic heterocycles. The Labute approximate surface area is 185 Å². The molecular formula is C25H36N4O2. The second-order valence-electron chi connectivity index (χ2n) is 10.1. The van der Waals surface area contributed by atoms with Crippen LogP contribution in [0.15, 0.2) is 22.7 Å². The first-order valence-corrected chi connectivity index (χ1v) is 12.3. The van der Waals surface area contributed by atoms with E-state index in [0.29, 0.717) is 5.82 Å². The highest BCUT2D eigenvalue weighted by molar-refractivity contribution is 5.90. The van der Waals surface area contributed by atoms with E-state index in [1.165, 1.54) is 57.8 Å². The Morgan fingerprint density at radius 1 is 1.06 bits per heavy atom. The van der Waals surface area contributed by atoms with Crippen molar-refractivity contribution in [1.29, 1.82) is 0 Å². The fourth-order valence-electron chi connectivity index (χ4n) is 6.07. The normalized spacial score (nSPS) is 26.0. The summed E-state index contributed by atoms with van der Waals surface area (Å²) < 4.78 is 5.33. The van der Waals surface area contributed by atoms with Gasteiger partial charge in [-0.3, -0.25) is 9.69 Å². The lowest BCUT2D eigenvalue weighted by molar-refractivity contribution is -0.121. The lowest BCUT2D eigenvalue weighted by Gasteiger charge is -2.47. The van der Waals surface area contributed by atoms with Gasteiger partial charge in [0, 0.05) is 19.1 Å². The monoisotopic (exact) mass is 424 g/mol. The summed E-state index contributed by atoms with van der Waals surface area (Å²) in [4.78, 5) is 15.0. The smallest absolute Gasteiger partial charge is 0.239 e. The van der Waals surface area contributed by atoms with Gasteiger partial charge in [-0.15, -0.1) is 0 Å². The van der Waals surface area contributed by atoms with Crippen LogP contribution in [0.4, 0.5) is 5.82 Å². The molecule has 2 aromatic rings. The number of rotatable bonds is 6. The molecule has 1 amide bonds. The summed E-state index contributed by atoms with van der Waals surface area (Å²) in [5.41, 5.74) is 1.88. The maximum Gasteiger partial charge on any atom is 0.239 e. The maximum absolute atomic E-state index is 12.4. The van der Waals surface area contributed by atoms with Gasteiger partial charge in [0.05, 0.1) is 18.0 Å². The van der Waals surface area contributed by atoms with Crippen LogP contribution in [-0.2, 0) is 4.79 Å². The molecule has 0 bridgehead atoms. The standard InChI is InChI=1S/C25H36N4O2/c1-17-7-12-23-22(13-17)25(28-31-23)26-14-24(30)27-20-15-29(16-20)21-10-8-19(9-11-21)18-5-3-2-4-6-18/h7,12-13,18-21H,2-6,8-11,14-16H2,1H3,(H,26,28)(H,27,30). The van der Waals surface area contributed by atoms with Crippen LogP contribution in [0, 0.1) is 18.8 Å². The first-order chi connectivity index (χ1) is 15.2. The average molecular weight is 425 g/mol. The Morgan fingerprint density at radius 3 is 2.58 bits per heavy atom. The predicted molar refractivity (Wildman–Crippen MR) is 123 cm³/mol. The zero-order valence-electron chi connectivity index (χ0n) is 18.7. The van der Waals surface area contributed by atoms with Crippen LogP contribution in [-0.4, -0.2) is 47.7 Å². The SMILES string of the molecule is Cc1ccc2onc(NCC(=O)NC3CN(C4CCC(C5CCCCC5)CC4)C3)c2c1. The summed E-state index contributed by atoms with van der Waals surface area (Å²) in [5.74, 6) is 2.65. The average Bonchev–Trinajstić information content (AvgIpc) is 3.17. The van der Waals surface area contributed by atoms with Gasteiger partial charge in [0.15, 0.2) is 11.4 Å². The van der Waals surface area contributed by atoms with E-state index in [1.807, 2.05) is 25.1 Å². The third kappa shape index (κ3) is 4.74. The molecule has 0 spiro atoms. The van der Waals surface area contributed by atoms with E-state index in [-0.39, 0.29) is 18.5 Å². The van der Waals surface area contributed by atoms with Crippen molar-refractivity contribution in [3.05, 3.63) is 23.8 Å². The van der Waals surface area contributed by atoms with Crippen molar-refractivity contribution in [2.75, 3.05) is 25.0 Å². The highest BCUT2D eigenvalue weighted by Crippen LogP contribution is 2.39. The van der Waals surface area contributed by atoms with E-state index in [0.717, 1.165) is 47.5 Å². The minimum Gasteiger partial charge on any atom is -0.358 e. The van der Waals surface area contributed by atoms with Crippen LogP contribution < -0.4 is 10.6 Å². The summed E-state index contributed by atoms with van der Waals surface area (Å²) in [6.07, 6.45) is 12.9. The molecule has 0 atom stereocenters. The number of nitrogens with one attached hydrogen (secondary N) is 2. The zero-order chi connectivity index (χ0) is 21.2. The van der Waals surface area contributed by atoms with Crippen LogP contribution in [0.2, 0.25) is 0 Å². The molecule has 5 rings (SSSR count). The number of benzene rings is 1. The second kappa shape index (κ2) is 9.19. The number of fused-ring (bicyclic) bond motifs is 1. The lowest BCUT2D eigenvalue weighted by Crippen LogP contribution is -2.63. The van der Waals surface area contributed by atoms with Crippen LogP contribution >= 0.6 is 0 Å². The quantitative estimate of drug-likeness (QED) is 0.715. The van der Waals surface area contributed by atoms with Gasteiger partial charge >= 0.3 is 0 Å². The number of amides is 1. The summed E-state index contributed by atoms with van der Waals surface area (Å²) in [6, 6.07) is 6.94. The molecule has 2 heterocycles. The van der Waals surface area contributed by atoms with Crippen molar-refractivity contribution >= 4 is 22.7 Å². The number of hydrogen-bond donors (Lipinski definition) is 2. The summed E-state index contributed by atoms with van der Waals surface area (Å²) in [7, 11) is 0. The largest absolute Gasteiger partial charge is 0.358 e. The van der Waals surface area contributed by atoms with Crippen molar-refractivity contribution in [3.63, 3.8) is 0 Å². The van der Waals surface area contributed by atoms with Crippen LogP contribution in [0.1, 0.15) is 63.4 Å². The van der Waals surface area contributed by atoms with Crippen LogP contribution in [0.3, 0.4) is 0 Å². The Bertz CT molecular complexity index is 890. The minimum absolute atomic E-state index is 0.0226. The van der Waals surface area contributed by atoms with Crippen molar-refractivity contribution < 1.29 is 9.32 Å². The molecule has 6 heteroatoms. The molecular weight excluding hydrogens is 388 g/mol. The number of aromatic nitrogens is 1. The summed E-state index contributed by atoms with van der Waals surface area (Å²) >= 11 is 0. The summed E-state index contributed by atoms with van der Waals surface area (Å²) in [6.45, 7) is 4.25. The number of likely N-dealkylation sites (tertiary alicyclic amines) is 1. The van der Waals surface area contributed by atoms with Crippen molar-refractivity contribution in [1.82, 2.24) is 15.4 Å². The molecule has 1 saturated heterocycles. The molecule has 6 nitrogen and oxygen atoms in total. The Hall–Kier alpha value is -2.08. The zero-order valence-corrected chi connectivity index (χ0v) is 18.7. The van der Waals surface area contributed by atoms with Crippen molar-refractivity contribution in [2.45, 2.75) is 76.8 Å². The van der Waals surface area contributed by atoms with Gasteiger partial charge in [0.25, 0.3) is 0 Å². The first-order valence-electron chi connectivity index (χ1n) is 12.3. The van der Waals surface area contributed by atoms with E-state index in [4.69, 9.17) is 4.52 Å². The predicted octanol–water partition coefficient (Wildman–Crippen LogP) is 4.49. The third-order valence-corrected chi connectivity index (χ3v) is 7.89. The van der Waals surface area contributed by atoms with Gasteiger partial charge in [-0.1, -0.05) is 48.9 Å². The Balaban J connectivity index is 1.02. The number of aryl methyl sites for hydroxylation is 1. The van der Waals surface area contributed by atoms with Gasteiger partial charge in [-0.25, -0.2) is 0 Å². The van der Waals surface area contributed by atoms with Gasteiger partial charge < -0.3 is 15.2 Å². The number of anilines is 1. The molecule has 2 saturated carbocycles. The fraction of sp³-hybridized carbons (Fsp3) is 0.680. The van der Waals surface area contributed by atoms with E-state index in [1.54, 1.807) is 0 Å². The van der Waals surface area contributed by atoms with Gasteiger partial charge in [0.1, 0.15) is 0 Å². The molecule has 0 unspecified atom stereocenters. The number of hydrogen-bond acceptors (Lipinski definition) is 5. The van der Waals surface area contributed by atoms with Crippen molar-refractivity contribution in [3.8, 4) is 0 Å². The van der Waals surface area contributed by atoms with Gasteiger partial charge in [-0.05, 0) is 56.6 Å². The van der Waals surface area contributed by atoms with Crippen molar-refractivity contribution in [2.24, 2.45) is 11.8 Å². The van der Waals surface area contributed by atoms with Crippen LogP contribution in [0.25, 0.3) is 11.0 Å². The highest BCUT2D eigenvalue weighted by Gasteiger charge is 2.36. The molecule has 0 radical (unpaired) electrons. The number of carbonyl (C=O) groups is 1. The van der Waals surface area contributed by atoms with Gasteiger partial charge in [0.2, 0.25) is 5.91 Å².